The maximum Gasteiger partial charge on any atom is 0.433 e. The van der Waals surface area contributed by atoms with Crippen molar-refractivity contribution in [3.8, 4) is 11.4 Å². The zero-order valence-electron chi connectivity index (χ0n) is 18.1. The van der Waals surface area contributed by atoms with E-state index in [1.165, 1.54) is 22.2 Å². The highest BCUT2D eigenvalue weighted by molar-refractivity contribution is 7.91. The molecule has 0 spiro atoms. The number of nitrogens with one attached hydrogen (secondary N) is 1. The van der Waals surface area contributed by atoms with Crippen LogP contribution in [-0.2, 0) is 23.1 Å². The minimum absolute atomic E-state index is 0.00511. The summed E-state index contributed by atoms with van der Waals surface area (Å²) in [5.41, 5.74) is -1.09. The largest absolute Gasteiger partial charge is 0.433 e. The van der Waals surface area contributed by atoms with E-state index in [0.29, 0.717) is 5.82 Å². The van der Waals surface area contributed by atoms with Gasteiger partial charge in [0.15, 0.2) is 20.5 Å². The van der Waals surface area contributed by atoms with Crippen LogP contribution in [-0.4, -0.2) is 60.6 Å². The third kappa shape index (κ3) is 3.48. The van der Waals surface area contributed by atoms with Gasteiger partial charge in [-0.25, -0.2) is 23.4 Å². The Morgan fingerprint density at radius 1 is 1.26 bits per heavy atom. The highest BCUT2D eigenvalue weighted by Gasteiger charge is 2.43. The Hall–Kier alpha value is -3.26. The van der Waals surface area contributed by atoms with Crippen molar-refractivity contribution in [1.29, 1.82) is 0 Å². The molecule has 1 aliphatic rings. The summed E-state index contributed by atoms with van der Waals surface area (Å²) in [7, 11) is -2.32. The van der Waals surface area contributed by atoms with Crippen LogP contribution in [0.3, 0.4) is 0 Å². The second kappa shape index (κ2) is 7.37. The van der Waals surface area contributed by atoms with Gasteiger partial charge < -0.3 is 15.0 Å². The van der Waals surface area contributed by atoms with Crippen LogP contribution >= 0.6 is 0 Å². The molecule has 0 bridgehead atoms. The number of aromatic nitrogens is 6. The van der Waals surface area contributed by atoms with Gasteiger partial charge in [-0.3, -0.25) is 0 Å². The van der Waals surface area contributed by atoms with Gasteiger partial charge >= 0.3 is 6.18 Å². The molecule has 4 heterocycles. The zero-order chi connectivity index (χ0) is 24.5. The number of pyridine rings is 1. The number of hydrogen-bond donors (Lipinski definition) is 2. The summed E-state index contributed by atoms with van der Waals surface area (Å²) in [6.45, 7) is 1.36. The molecule has 1 fully saturated rings. The Morgan fingerprint density at radius 3 is 2.62 bits per heavy atom. The lowest BCUT2D eigenvalue weighted by Crippen LogP contribution is -2.27. The SMILES string of the molecule is CCS(=O)(=O)c1nn2c(NC3(CO)CC3)ccnc2c1-c1nc2cc(C(F)(F)F)ncc2n1C. The molecular weight excluding hydrogens is 475 g/mol. The van der Waals surface area contributed by atoms with Gasteiger partial charge in [0.1, 0.15) is 22.9 Å². The number of sulfone groups is 1. The van der Waals surface area contributed by atoms with Crippen LogP contribution in [0.1, 0.15) is 25.5 Å². The lowest BCUT2D eigenvalue weighted by molar-refractivity contribution is -0.141. The van der Waals surface area contributed by atoms with Crippen LogP contribution in [0.15, 0.2) is 29.6 Å². The van der Waals surface area contributed by atoms with Crippen LogP contribution < -0.4 is 5.32 Å². The number of nitrogens with zero attached hydrogens (tertiary/aromatic N) is 6. The first-order valence-electron chi connectivity index (χ1n) is 10.4. The van der Waals surface area contributed by atoms with Crippen molar-refractivity contribution >= 4 is 32.3 Å². The van der Waals surface area contributed by atoms with E-state index < -0.39 is 27.2 Å². The van der Waals surface area contributed by atoms with Crippen molar-refractivity contribution in [3.63, 3.8) is 0 Å². The number of imidazole rings is 1. The molecule has 1 saturated carbocycles. The molecule has 5 rings (SSSR count). The Balaban J connectivity index is 1.78. The summed E-state index contributed by atoms with van der Waals surface area (Å²) in [4.78, 5) is 12.1. The average molecular weight is 495 g/mol. The van der Waals surface area contributed by atoms with Gasteiger partial charge in [-0.15, -0.1) is 0 Å². The Labute approximate surface area is 191 Å². The molecule has 4 aromatic heterocycles. The molecule has 34 heavy (non-hydrogen) atoms. The summed E-state index contributed by atoms with van der Waals surface area (Å²) in [5.74, 6) is 0.262. The van der Waals surface area contributed by atoms with Crippen molar-refractivity contribution in [2.24, 2.45) is 7.05 Å². The molecule has 2 N–H and O–H groups in total. The van der Waals surface area contributed by atoms with Crippen LogP contribution in [0.5, 0.6) is 0 Å². The number of aliphatic hydroxyl groups excluding tert-OH is 1. The molecule has 180 valence electrons. The van der Waals surface area contributed by atoms with Crippen molar-refractivity contribution in [1.82, 2.24) is 29.1 Å². The molecule has 0 aliphatic heterocycles. The molecule has 0 radical (unpaired) electrons. The standard InChI is InChI=1S/C20H20F3N7O3S/c1-3-34(32,33)18-15(16-24-7-4-14(30(16)28-18)27-19(10-31)5-6-19)17-26-11-8-13(20(21,22)23)25-9-12(11)29(17)2/h4,7-9,27,31H,3,5-6,10H2,1-2H3. The van der Waals surface area contributed by atoms with E-state index in [9.17, 15) is 26.7 Å². The maximum absolute atomic E-state index is 13.2. The van der Waals surface area contributed by atoms with Crippen LogP contribution in [0.25, 0.3) is 28.1 Å². The molecule has 4 aromatic rings. The van der Waals surface area contributed by atoms with Crippen molar-refractivity contribution in [2.45, 2.75) is 36.5 Å². The van der Waals surface area contributed by atoms with Crippen LogP contribution in [0.4, 0.5) is 19.0 Å². The highest BCUT2D eigenvalue weighted by Crippen LogP contribution is 2.40. The number of alkyl halides is 3. The molecular formula is C20H20F3N7O3S. The number of anilines is 1. The van der Waals surface area contributed by atoms with Gasteiger partial charge in [-0.2, -0.15) is 22.8 Å². The summed E-state index contributed by atoms with van der Waals surface area (Å²) < 4.78 is 68.2. The van der Waals surface area contributed by atoms with Gasteiger partial charge in [0, 0.05) is 13.2 Å². The Bertz CT molecular complexity index is 1540. The predicted octanol–water partition coefficient (Wildman–Crippen LogP) is 2.43. The number of halogens is 3. The van der Waals surface area contributed by atoms with E-state index in [1.54, 1.807) is 13.1 Å². The molecule has 14 heteroatoms. The van der Waals surface area contributed by atoms with Gasteiger partial charge in [-0.05, 0) is 25.0 Å². The molecule has 0 aromatic carbocycles. The summed E-state index contributed by atoms with van der Waals surface area (Å²) >= 11 is 0. The first-order valence-corrected chi connectivity index (χ1v) is 12.0. The van der Waals surface area contributed by atoms with Crippen molar-refractivity contribution in [2.75, 3.05) is 17.7 Å². The van der Waals surface area contributed by atoms with E-state index in [2.05, 4.69) is 25.4 Å². The zero-order valence-corrected chi connectivity index (χ0v) is 18.9. The quantitative estimate of drug-likeness (QED) is 0.418. The van der Waals surface area contributed by atoms with Gasteiger partial charge in [0.25, 0.3) is 0 Å². The Kier molecular flexibility index (Phi) is 4.88. The van der Waals surface area contributed by atoms with Crippen LogP contribution in [0, 0.1) is 0 Å². The van der Waals surface area contributed by atoms with Gasteiger partial charge in [-0.1, -0.05) is 6.92 Å². The van der Waals surface area contributed by atoms with E-state index in [1.807, 2.05) is 0 Å². The number of fused-ring (bicyclic) bond motifs is 2. The van der Waals surface area contributed by atoms with E-state index in [4.69, 9.17) is 0 Å². The monoisotopic (exact) mass is 495 g/mol. The van der Waals surface area contributed by atoms with Crippen molar-refractivity contribution < 1.29 is 26.7 Å². The van der Waals surface area contributed by atoms with E-state index in [-0.39, 0.29) is 45.5 Å². The van der Waals surface area contributed by atoms with E-state index in [0.717, 1.165) is 25.1 Å². The summed E-state index contributed by atoms with van der Waals surface area (Å²) in [6, 6.07) is 2.42. The topological polar surface area (TPSA) is 127 Å². The normalized spacial score (nSPS) is 15.8. The molecule has 0 saturated heterocycles. The van der Waals surface area contributed by atoms with E-state index >= 15 is 0 Å². The third-order valence-electron chi connectivity index (χ3n) is 5.99. The fourth-order valence-electron chi connectivity index (χ4n) is 3.78. The molecule has 10 nitrogen and oxygen atoms in total. The Morgan fingerprint density at radius 2 is 2.00 bits per heavy atom. The predicted molar refractivity (Wildman–Crippen MR) is 116 cm³/mol. The number of aliphatic hydroxyl groups is 1. The van der Waals surface area contributed by atoms with Gasteiger partial charge in [0.05, 0.1) is 35.1 Å². The summed E-state index contributed by atoms with van der Waals surface area (Å²) in [6.07, 6.45) is -0.667. The minimum Gasteiger partial charge on any atom is -0.394 e. The van der Waals surface area contributed by atoms with Gasteiger partial charge in [0.2, 0.25) is 0 Å². The first kappa shape index (κ1) is 22.5. The second-order valence-electron chi connectivity index (χ2n) is 8.26. The molecule has 0 amide bonds. The summed E-state index contributed by atoms with van der Waals surface area (Å²) in [5, 5.41) is 16.9. The number of hydrogen-bond acceptors (Lipinski definition) is 8. The minimum atomic E-state index is -4.65. The lowest BCUT2D eigenvalue weighted by Gasteiger charge is -2.16. The maximum atomic E-state index is 13.2. The fraction of sp³-hybridized carbons (Fsp3) is 0.400. The molecule has 0 atom stereocenters. The average Bonchev–Trinajstić information content (AvgIpc) is 3.34. The smallest absolute Gasteiger partial charge is 0.394 e. The third-order valence-corrected chi connectivity index (χ3v) is 7.63. The second-order valence-corrected chi connectivity index (χ2v) is 10.5. The highest BCUT2D eigenvalue weighted by atomic mass is 32.2. The molecule has 1 aliphatic carbocycles. The fourth-order valence-corrected chi connectivity index (χ4v) is 4.76. The molecule has 0 unspecified atom stereocenters. The lowest BCUT2D eigenvalue weighted by atomic mass is 10.3. The number of aryl methyl sites for hydroxylation is 1. The number of rotatable bonds is 6. The first-order chi connectivity index (χ1) is 16.0. The van der Waals surface area contributed by atoms with Crippen LogP contribution in [0.2, 0.25) is 0 Å². The van der Waals surface area contributed by atoms with Crippen molar-refractivity contribution in [3.05, 3.63) is 30.2 Å².